The van der Waals surface area contributed by atoms with Gasteiger partial charge >= 0.3 is 11.7 Å². The third-order valence-electron chi connectivity index (χ3n) is 5.86. The van der Waals surface area contributed by atoms with Gasteiger partial charge in [-0.3, -0.25) is 13.9 Å². The minimum absolute atomic E-state index is 0.338. The van der Waals surface area contributed by atoms with E-state index in [-0.39, 0.29) is 11.2 Å². The van der Waals surface area contributed by atoms with Crippen molar-refractivity contribution in [3.63, 3.8) is 0 Å². The molecule has 0 bridgehead atoms. The number of carboxylic acid groups (broad SMARTS) is 2. The van der Waals surface area contributed by atoms with Gasteiger partial charge in [-0.2, -0.15) is 22.7 Å². The number of aryl methyl sites for hydroxylation is 1. The van der Waals surface area contributed by atoms with Gasteiger partial charge in [-0.15, -0.1) is 0 Å². The van der Waals surface area contributed by atoms with Crippen molar-refractivity contribution >= 4 is 45.8 Å². The molecule has 0 atom stereocenters. The normalized spacial score (nSPS) is 11.6. The van der Waals surface area contributed by atoms with Crippen LogP contribution in [0.25, 0.3) is 11.2 Å². The highest BCUT2D eigenvalue weighted by atomic mass is 32.1. The first kappa shape index (κ1) is 28.7. The Kier molecular flexibility index (Phi) is 9.52. The van der Waals surface area contributed by atoms with E-state index in [1.807, 2.05) is 33.7 Å². The minimum Gasteiger partial charge on any atom is -0.545 e. The van der Waals surface area contributed by atoms with Gasteiger partial charge in [0.2, 0.25) is 0 Å². The smallest absolute Gasteiger partial charge is 0.332 e. The maximum absolute atomic E-state index is 12.5. The van der Waals surface area contributed by atoms with Gasteiger partial charge in [0.1, 0.15) is 5.60 Å². The van der Waals surface area contributed by atoms with Gasteiger partial charge in [0.05, 0.1) is 31.9 Å². The van der Waals surface area contributed by atoms with Crippen molar-refractivity contribution in [3.8, 4) is 0 Å². The Morgan fingerprint density at radius 1 is 1.08 bits per heavy atom. The summed E-state index contributed by atoms with van der Waals surface area (Å²) in [6, 6.07) is 3.94. The molecule has 0 aliphatic heterocycles. The van der Waals surface area contributed by atoms with E-state index in [1.54, 1.807) is 40.6 Å². The fraction of sp³-hybridized carbons (Fsp3) is 0.292. The minimum atomic E-state index is -1.51. The molecule has 4 aromatic heterocycles. The first-order valence-electron chi connectivity index (χ1n) is 11.4. The number of aliphatic hydroxyl groups is 1. The zero-order valence-corrected chi connectivity index (χ0v) is 22.3. The Morgan fingerprint density at radius 2 is 1.71 bits per heavy atom. The largest absolute Gasteiger partial charge is 0.545 e. The summed E-state index contributed by atoms with van der Waals surface area (Å²) in [7, 11) is 3.09. The van der Waals surface area contributed by atoms with Crippen LogP contribution in [0.5, 0.6) is 0 Å². The average molecular weight is 562 g/mol. The van der Waals surface area contributed by atoms with E-state index < -0.39 is 17.5 Å². The number of imidazole rings is 1. The highest BCUT2D eigenvalue weighted by Gasteiger charge is 2.32. The van der Waals surface area contributed by atoms with E-state index in [9.17, 15) is 29.4 Å². The van der Waals surface area contributed by atoms with Crippen molar-refractivity contribution in [1.29, 1.82) is 0 Å². The van der Waals surface area contributed by atoms with Crippen LogP contribution >= 0.6 is 22.7 Å². The molecule has 4 aromatic rings. The molecule has 0 radical (unpaired) electrons. The number of carbonyl (C=O) groups excluding carboxylic acids is 1. The van der Waals surface area contributed by atoms with Crippen LogP contribution in [-0.4, -0.2) is 53.9 Å². The van der Waals surface area contributed by atoms with Crippen LogP contribution in [0, 0.1) is 0 Å². The first-order chi connectivity index (χ1) is 18.1. The van der Waals surface area contributed by atoms with E-state index in [0.29, 0.717) is 36.3 Å². The topological polar surface area (TPSA) is 176 Å². The van der Waals surface area contributed by atoms with Gasteiger partial charge in [0.25, 0.3) is 5.56 Å². The second-order valence-electron chi connectivity index (χ2n) is 8.31. The van der Waals surface area contributed by atoms with Gasteiger partial charge in [0, 0.05) is 26.6 Å². The zero-order chi connectivity index (χ0) is 27.9. The predicted octanol–water partition coefficient (Wildman–Crippen LogP) is -1.18. The van der Waals surface area contributed by atoms with Crippen LogP contribution in [0.15, 0.2) is 61.7 Å². The molecular weight excluding hydrogens is 534 g/mol. The molecule has 0 aliphatic carbocycles. The molecule has 4 N–H and O–H groups in total. The molecule has 0 aliphatic rings. The van der Waals surface area contributed by atoms with Crippen molar-refractivity contribution < 1.29 is 30.2 Å². The number of aliphatic carboxylic acids is 2. The van der Waals surface area contributed by atoms with E-state index in [0.717, 1.165) is 28.8 Å². The monoisotopic (exact) mass is 561 g/mol. The molecule has 4 heterocycles. The summed E-state index contributed by atoms with van der Waals surface area (Å²) >= 11 is 3.16. The number of hydrogen-bond acceptors (Lipinski definition) is 9. The number of nitrogens with zero attached hydrogens (tertiary/aromatic N) is 4. The van der Waals surface area contributed by atoms with Crippen molar-refractivity contribution in [2.24, 2.45) is 14.1 Å². The molecule has 0 saturated heterocycles. The maximum Gasteiger partial charge on any atom is 0.332 e. The maximum atomic E-state index is 12.5. The molecule has 0 aromatic carbocycles. The SMILES string of the molecule is Cn1c(=O)c2c(ncn2CC[NH2+]CCC(O)(c2ccsc2)c2ccsc2)n(C)c1=O.O=C([O-])/C=C/C(=O)O. The second-order valence-corrected chi connectivity index (χ2v) is 9.87. The van der Waals surface area contributed by atoms with Gasteiger partial charge in [-0.05, 0) is 50.9 Å². The van der Waals surface area contributed by atoms with Crippen LogP contribution in [-0.2, 0) is 35.8 Å². The summed E-state index contributed by atoms with van der Waals surface area (Å²) < 4.78 is 4.28. The Balaban J connectivity index is 0.000000436. The Labute approximate surface area is 224 Å². The van der Waals surface area contributed by atoms with Gasteiger partial charge in [-0.25, -0.2) is 14.6 Å². The Bertz CT molecular complexity index is 1480. The quantitative estimate of drug-likeness (QED) is 0.160. The van der Waals surface area contributed by atoms with Crippen molar-refractivity contribution in [1.82, 2.24) is 18.7 Å². The second kappa shape index (κ2) is 12.6. The first-order valence-corrected chi connectivity index (χ1v) is 13.3. The molecule has 0 fully saturated rings. The highest BCUT2D eigenvalue weighted by molar-refractivity contribution is 7.08. The third kappa shape index (κ3) is 6.52. The molecule has 0 unspecified atom stereocenters. The lowest BCUT2D eigenvalue weighted by Crippen LogP contribution is -2.85. The van der Waals surface area contributed by atoms with Crippen LogP contribution < -0.4 is 21.7 Å². The van der Waals surface area contributed by atoms with Crippen molar-refractivity contribution in [3.05, 3.63) is 84.1 Å². The summed E-state index contributed by atoms with van der Waals surface area (Å²) in [5, 5.41) is 38.7. The molecule has 4 rings (SSSR count). The number of carbonyl (C=O) groups is 2. The fourth-order valence-electron chi connectivity index (χ4n) is 3.85. The molecule has 38 heavy (non-hydrogen) atoms. The van der Waals surface area contributed by atoms with E-state index in [4.69, 9.17) is 5.11 Å². The van der Waals surface area contributed by atoms with Gasteiger partial charge in [0.15, 0.2) is 11.2 Å². The summed E-state index contributed by atoms with van der Waals surface area (Å²) in [6.45, 7) is 2.03. The molecular formula is C24H27N5O7S2. The van der Waals surface area contributed by atoms with Crippen LogP contribution in [0.2, 0.25) is 0 Å². The van der Waals surface area contributed by atoms with Gasteiger partial charge < -0.3 is 30.0 Å². The third-order valence-corrected chi connectivity index (χ3v) is 7.23. The summed E-state index contributed by atoms with van der Waals surface area (Å²) in [4.78, 5) is 47.8. The molecule has 12 nitrogen and oxygen atoms in total. The lowest BCUT2D eigenvalue weighted by atomic mass is 9.87. The predicted molar refractivity (Wildman–Crippen MR) is 140 cm³/mol. The lowest BCUT2D eigenvalue weighted by molar-refractivity contribution is -0.657. The number of carboxylic acids is 2. The molecule has 0 saturated carbocycles. The number of thiophene rings is 2. The number of fused-ring (bicyclic) bond motifs is 1. The summed E-state index contributed by atoms with van der Waals surface area (Å²) in [5.74, 6) is -2.80. The number of rotatable bonds is 10. The highest BCUT2D eigenvalue weighted by Crippen LogP contribution is 2.34. The van der Waals surface area contributed by atoms with E-state index >= 15 is 0 Å². The number of nitrogens with two attached hydrogens (primary N) is 1. The molecule has 0 spiro atoms. The van der Waals surface area contributed by atoms with Crippen LogP contribution in [0.3, 0.4) is 0 Å². The van der Waals surface area contributed by atoms with Crippen molar-refractivity contribution in [2.75, 3.05) is 13.1 Å². The van der Waals surface area contributed by atoms with E-state index in [2.05, 4.69) is 10.3 Å². The standard InChI is InChI=1S/C20H23N5O3S2.C4H4O4/c1-23-17-16(18(26)24(2)19(23)27)25(13-22-17)8-7-21-6-5-20(28,14-3-9-29-11-14)15-4-10-30-12-15;5-3(6)1-2-4(7)8/h3-4,9-13,21,28H,5-8H2,1-2H3;1-2H,(H,5,6)(H,7,8)/b;2-1+. The zero-order valence-electron chi connectivity index (χ0n) is 20.6. The fourth-order valence-corrected chi connectivity index (χ4v) is 5.29. The number of aromatic nitrogens is 4. The Hall–Kier alpha value is -3.85. The molecule has 202 valence electrons. The number of hydrogen-bond donors (Lipinski definition) is 3. The summed E-state index contributed by atoms with van der Waals surface area (Å²) in [6.07, 6.45) is 3.13. The van der Waals surface area contributed by atoms with E-state index in [1.165, 1.54) is 11.6 Å². The average Bonchev–Trinajstić information content (AvgIpc) is 3.67. The summed E-state index contributed by atoms with van der Waals surface area (Å²) in [5.41, 5.74) is 0.953. The van der Waals surface area contributed by atoms with Gasteiger partial charge in [-0.1, -0.05) is 0 Å². The number of quaternary nitrogens is 1. The van der Waals surface area contributed by atoms with Crippen LogP contribution in [0.4, 0.5) is 0 Å². The van der Waals surface area contributed by atoms with Crippen LogP contribution in [0.1, 0.15) is 17.5 Å². The Morgan fingerprint density at radius 3 is 2.21 bits per heavy atom. The van der Waals surface area contributed by atoms with Crippen molar-refractivity contribution in [2.45, 2.75) is 18.6 Å². The lowest BCUT2D eigenvalue weighted by Gasteiger charge is -2.26. The molecule has 14 heteroatoms. The molecule has 0 amide bonds.